The third kappa shape index (κ3) is 1.95. The van der Waals surface area contributed by atoms with Crippen LogP contribution in [0.5, 0.6) is 0 Å². The van der Waals surface area contributed by atoms with Gasteiger partial charge in [0.1, 0.15) is 5.60 Å². The summed E-state index contributed by atoms with van der Waals surface area (Å²) in [4.78, 5) is 13.4. The lowest BCUT2D eigenvalue weighted by atomic mass is 9.92. The monoisotopic (exact) mass is 213 g/mol. The van der Waals surface area contributed by atoms with Crippen molar-refractivity contribution in [2.75, 3.05) is 6.54 Å². The van der Waals surface area contributed by atoms with Crippen molar-refractivity contribution in [2.24, 2.45) is 5.92 Å². The molecule has 4 heteroatoms. The number of ether oxygens (including phenoxy) is 1. The van der Waals surface area contributed by atoms with Crippen LogP contribution in [0.1, 0.15) is 33.6 Å². The second-order valence-corrected chi connectivity index (χ2v) is 5.53. The molecule has 1 saturated heterocycles. The number of carbonyl (C=O) groups is 1. The topological polar surface area (TPSA) is 49.8 Å². The second-order valence-electron chi connectivity index (χ2n) is 5.53. The molecule has 2 fully saturated rings. The molecule has 86 valence electrons. The van der Waals surface area contributed by atoms with E-state index < -0.39 is 5.60 Å². The zero-order valence-corrected chi connectivity index (χ0v) is 9.56. The zero-order chi connectivity index (χ0) is 11.2. The van der Waals surface area contributed by atoms with E-state index in [1.807, 2.05) is 20.8 Å². The summed E-state index contributed by atoms with van der Waals surface area (Å²) in [6.45, 7) is 6.31. The van der Waals surface area contributed by atoms with Gasteiger partial charge < -0.3 is 14.7 Å². The van der Waals surface area contributed by atoms with E-state index in [1.54, 1.807) is 4.90 Å². The molecule has 2 aliphatic rings. The van der Waals surface area contributed by atoms with Crippen LogP contribution in [0.3, 0.4) is 0 Å². The Morgan fingerprint density at radius 3 is 2.60 bits per heavy atom. The molecule has 0 unspecified atom stereocenters. The smallest absolute Gasteiger partial charge is 0.410 e. The molecule has 1 aliphatic heterocycles. The van der Waals surface area contributed by atoms with Crippen molar-refractivity contribution < 1.29 is 14.6 Å². The van der Waals surface area contributed by atoms with Gasteiger partial charge in [0, 0.05) is 6.54 Å². The van der Waals surface area contributed by atoms with Gasteiger partial charge in [-0.1, -0.05) is 0 Å². The fourth-order valence-corrected chi connectivity index (χ4v) is 2.46. The average Bonchev–Trinajstić information content (AvgIpc) is 2.21. The minimum Gasteiger partial charge on any atom is -0.444 e. The minimum atomic E-state index is -0.453. The van der Waals surface area contributed by atoms with Crippen LogP contribution in [-0.2, 0) is 4.74 Å². The SMILES string of the molecule is CC(C)(C)OC(=O)N1C[C@@H]2CC[C@H](O)[C@@H]21. The molecule has 1 N–H and O–H groups in total. The van der Waals surface area contributed by atoms with Gasteiger partial charge in [-0.05, 0) is 39.5 Å². The molecule has 0 spiro atoms. The molecule has 0 aromatic carbocycles. The number of carbonyl (C=O) groups excluding carboxylic acids is 1. The maximum Gasteiger partial charge on any atom is 0.410 e. The predicted molar refractivity (Wildman–Crippen MR) is 55.5 cm³/mol. The Hall–Kier alpha value is -0.770. The van der Waals surface area contributed by atoms with Gasteiger partial charge in [0.15, 0.2) is 0 Å². The Morgan fingerprint density at radius 1 is 1.40 bits per heavy atom. The standard InChI is InChI=1S/C11H19NO3/c1-11(2,3)15-10(14)12-6-7-4-5-8(13)9(7)12/h7-9,13H,4-6H2,1-3H3/t7-,8-,9+/m0/s1. The Morgan fingerprint density at radius 2 is 2.07 bits per heavy atom. The van der Waals surface area contributed by atoms with Crippen molar-refractivity contribution in [3.8, 4) is 0 Å². The first kappa shape index (κ1) is 10.7. The minimum absolute atomic E-state index is 0.0137. The number of rotatable bonds is 0. The molecule has 15 heavy (non-hydrogen) atoms. The molecule has 3 atom stereocenters. The number of aliphatic hydroxyl groups is 1. The Kier molecular flexibility index (Phi) is 2.41. The zero-order valence-electron chi connectivity index (χ0n) is 9.56. The van der Waals surface area contributed by atoms with Crippen LogP contribution < -0.4 is 0 Å². The van der Waals surface area contributed by atoms with E-state index in [2.05, 4.69) is 0 Å². The van der Waals surface area contributed by atoms with E-state index in [0.29, 0.717) is 5.92 Å². The van der Waals surface area contributed by atoms with Crippen LogP contribution in [0.15, 0.2) is 0 Å². The van der Waals surface area contributed by atoms with E-state index >= 15 is 0 Å². The molecule has 0 aromatic rings. The van der Waals surface area contributed by atoms with E-state index in [0.717, 1.165) is 19.4 Å². The van der Waals surface area contributed by atoms with Crippen LogP contribution in [0.4, 0.5) is 4.79 Å². The number of fused-ring (bicyclic) bond motifs is 1. The van der Waals surface area contributed by atoms with Crippen molar-refractivity contribution >= 4 is 6.09 Å². The molecule has 4 nitrogen and oxygen atoms in total. The van der Waals surface area contributed by atoms with Crippen molar-refractivity contribution in [3.63, 3.8) is 0 Å². The lowest BCUT2D eigenvalue weighted by molar-refractivity contribution is -0.0477. The van der Waals surface area contributed by atoms with Crippen molar-refractivity contribution in [1.82, 2.24) is 4.90 Å². The number of likely N-dealkylation sites (tertiary alicyclic amines) is 1. The molecule has 1 amide bonds. The normalized spacial score (nSPS) is 34.7. The van der Waals surface area contributed by atoms with Crippen LogP contribution in [0.2, 0.25) is 0 Å². The molecular formula is C11H19NO3. The highest BCUT2D eigenvalue weighted by atomic mass is 16.6. The molecule has 1 saturated carbocycles. The lowest BCUT2D eigenvalue weighted by Gasteiger charge is -2.45. The van der Waals surface area contributed by atoms with Gasteiger partial charge in [0.2, 0.25) is 0 Å². The first-order valence-corrected chi connectivity index (χ1v) is 5.56. The van der Waals surface area contributed by atoms with Crippen LogP contribution in [-0.4, -0.2) is 40.4 Å². The number of hydrogen-bond donors (Lipinski definition) is 1. The Balaban J connectivity index is 1.93. The predicted octanol–water partition coefficient (Wildman–Crippen LogP) is 1.38. The van der Waals surface area contributed by atoms with Crippen molar-refractivity contribution in [3.05, 3.63) is 0 Å². The van der Waals surface area contributed by atoms with E-state index in [4.69, 9.17) is 4.74 Å². The van der Waals surface area contributed by atoms with Crippen LogP contribution in [0.25, 0.3) is 0 Å². The third-order valence-electron chi connectivity index (χ3n) is 3.13. The van der Waals surface area contributed by atoms with Gasteiger partial charge in [0.05, 0.1) is 12.1 Å². The van der Waals surface area contributed by atoms with Crippen LogP contribution in [0, 0.1) is 5.92 Å². The maximum absolute atomic E-state index is 11.7. The van der Waals surface area contributed by atoms with E-state index in [-0.39, 0.29) is 18.2 Å². The molecular weight excluding hydrogens is 194 g/mol. The molecule has 2 rings (SSSR count). The van der Waals surface area contributed by atoms with Gasteiger partial charge in [-0.15, -0.1) is 0 Å². The number of hydrogen-bond acceptors (Lipinski definition) is 3. The Labute approximate surface area is 90.2 Å². The fraction of sp³-hybridized carbons (Fsp3) is 0.909. The highest BCUT2D eigenvalue weighted by Crippen LogP contribution is 2.39. The first-order chi connectivity index (χ1) is 6.88. The van der Waals surface area contributed by atoms with E-state index in [9.17, 15) is 9.90 Å². The summed E-state index contributed by atoms with van der Waals surface area (Å²) in [5, 5.41) is 9.69. The van der Waals surface area contributed by atoms with Crippen molar-refractivity contribution in [2.45, 2.75) is 51.4 Å². The molecule has 0 bridgehead atoms. The number of aliphatic hydroxyl groups excluding tert-OH is 1. The highest BCUT2D eigenvalue weighted by Gasteiger charge is 2.50. The summed E-state index contributed by atoms with van der Waals surface area (Å²) in [5.41, 5.74) is -0.453. The van der Waals surface area contributed by atoms with Gasteiger partial charge in [-0.25, -0.2) is 4.79 Å². The average molecular weight is 213 g/mol. The fourth-order valence-electron chi connectivity index (χ4n) is 2.46. The Bertz CT molecular complexity index is 265. The third-order valence-corrected chi connectivity index (χ3v) is 3.13. The van der Waals surface area contributed by atoms with Crippen LogP contribution >= 0.6 is 0 Å². The molecule has 0 radical (unpaired) electrons. The van der Waals surface area contributed by atoms with Gasteiger partial charge in [-0.3, -0.25) is 0 Å². The molecule has 1 aliphatic carbocycles. The van der Waals surface area contributed by atoms with E-state index in [1.165, 1.54) is 0 Å². The number of nitrogens with zero attached hydrogens (tertiary/aromatic N) is 1. The summed E-state index contributed by atoms with van der Waals surface area (Å²) < 4.78 is 5.27. The maximum atomic E-state index is 11.7. The highest BCUT2D eigenvalue weighted by molar-refractivity contribution is 5.70. The summed E-state index contributed by atoms with van der Waals surface area (Å²) in [5.74, 6) is 0.493. The summed E-state index contributed by atoms with van der Waals surface area (Å²) in [6, 6.07) is 0.0137. The summed E-state index contributed by atoms with van der Waals surface area (Å²) >= 11 is 0. The number of amides is 1. The van der Waals surface area contributed by atoms with Gasteiger partial charge in [-0.2, -0.15) is 0 Å². The second kappa shape index (κ2) is 3.37. The summed E-state index contributed by atoms with van der Waals surface area (Å²) in [6.07, 6.45) is 1.21. The van der Waals surface area contributed by atoms with Gasteiger partial charge in [0.25, 0.3) is 0 Å². The summed E-state index contributed by atoms with van der Waals surface area (Å²) in [7, 11) is 0. The first-order valence-electron chi connectivity index (χ1n) is 5.56. The largest absolute Gasteiger partial charge is 0.444 e. The molecule has 1 heterocycles. The van der Waals surface area contributed by atoms with Gasteiger partial charge >= 0.3 is 6.09 Å². The molecule has 0 aromatic heterocycles. The van der Waals surface area contributed by atoms with Crippen molar-refractivity contribution in [1.29, 1.82) is 0 Å². The quantitative estimate of drug-likeness (QED) is 0.661. The lowest BCUT2D eigenvalue weighted by Crippen LogP contribution is -2.60.